The number of carbonyl (C=O) groups is 1. The van der Waals surface area contributed by atoms with Gasteiger partial charge in [-0.05, 0) is 30.7 Å². The largest absolute Gasteiger partial charge is 0.385 e. The van der Waals surface area contributed by atoms with Crippen molar-refractivity contribution in [1.82, 2.24) is 4.90 Å². The third kappa shape index (κ3) is 5.12. The molecule has 4 heteroatoms. The molecule has 0 bridgehead atoms. The van der Waals surface area contributed by atoms with E-state index in [1.807, 2.05) is 0 Å². The maximum Gasteiger partial charge on any atom is 0.253 e. The Bertz CT molecular complexity index is 457. The Balaban J connectivity index is 2.61. The van der Waals surface area contributed by atoms with Crippen LogP contribution in [-0.4, -0.2) is 49.8 Å². The van der Waals surface area contributed by atoms with E-state index in [1.165, 1.54) is 0 Å². The van der Waals surface area contributed by atoms with Crippen molar-refractivity contribution in [2.24, 2.45) is 0 Å². The molecule has 1 amide bonds. The van der Waals surface area contributed by atoms with Crippen LogP contribution in [0.4, 0.5) is 0 Å². The molecule has 0 atom stereocenters. The molecule has 0 aliphatic heterocycles. The molecule has 1 aromatic rings. The first-order valence-corrected chi connectivity index (χ1v) is 6.13. The second-order valence-corrected chi connectivity index (χ2v) is 4.11. The predicted molar refractivity (Wildman–Crippen MR) is 73.9 cm³/mol. The Labute approximate surface area is 114 Å². The fourth-order valence-corrected chi connectivity index (χ4v) is 1.61. The fraction of sp³-hybridized carbons (Fsp3) is 0.400. The summed E-state index contributed by atoms with van der Waals surface area (Å²) in [5.41, 5.74) is 1.42. The third-order valence-corrected chi connectivity index (χ3v) is 2.63. The van der Waals surface area contributed by atoms with E-state index in [0.29, 0.717) is 18.7 Å². The van der Waals surface area contributed by atoms with Crippen LogP contribution in [0.15, 0.2) is 24.3 Å². The summed E-state index contributed by atoms with van der Waals surface area (Å²) in [5, 5.41) is 8.60. The molecular weight excluding hydrogens is 242 g/mol. The third-order valence-electron chi connectivity index (χ3n) is 2.63. The quantitative estimate of drug-likeness (QED) is 0.639. The maximum absolute atomic E-state index is 12.1. The zero-order valence-electron chi connectivity index (χ0n) is 11.3. The van der Waals surface area contributed by atoms with Gasteiger partial charge in [0.15, 0.2) is 0 Å². The Hall–Kier alpha value is -1.83. The number of hydrogen-bond donors (Lipinski definition) is 1. The highest BCUT2D eigenvalue weighted by Gasteiger charge is 2.10. The van der Waals surface area contributed by atoms with E-state index in [-0.39, 0.29) is 12.5 Å². The second-order valence-electron chi connectivity index (χ2n) is 4.11. The Morgan fingerprint density at radius 1 is 1.37 bits per heavy atom. The number of carbonyl (C=O) groups excluding carboxylic acids is 1. The molecule has 0 saturated heterocycles. The normalized spacial score (nSPS) is 9.63. The molecule has 19 heavy (non-hydrogen) atoms. The lowest BCUT2D eigenvalue weighted by Crippen LogP contribution is -2.28. The highest BCUT2D eigenvalue weighted by molar-refractivity contribution is 5.94. The zero-order chi connectivity index (χ0) is 14.1. The number of hydrogen-bond acceptors (Lipinski definition) is 3. The van der Waals surface area contributed by atoms with E-state index in [2.05, 4.69) is 11.8 Å². The molecule has 0 aromatic heterocycles. The van der Waals surface area contributed by atoms with Gasteiger partial charge in [-0.2, -0.15) is 0 Å². The summed E-state index contributed by atoms with van der Waals surface area (Å²) in [4.78, 5) is 13.7. The van der Waals surface area contributed by atoms with Crippen LogP contribution in [0.3, 0.4) is 0 Å². The number of methoxy groups -OCH3 is 1. The number of aliphatic hydroxyl groups excluding tert-OH is 1. The van der Waals surface area contributed by atoms with Crippen LogP contribution >= 0.6 is 0 Å². The second kappa shape index (κ2) is 8.30. The highest BCUT2D eigenvalue weighted by atomic mass is 16.5. The van der Waals surface area contributed by atoms with E-state index < -0.39 is 0 Å². The van der Waals surface area contributed by atoms with E-state index in [1.54, 1.807) is 43.3 Å². The zero-order valence-corrected chi connectivity index (χ0v) is 11.3. The van der Waals surface area contributed by atoms with Gasteiger partial charge in [0.05, 0.1) is 0 Å². The summed E-state index contributed by atoms with van der Waals surface area (Å²) in [5.74, 6) is 5.34. The highest BCUT2D eigenvalue weighted by Crippen LogP contribution is 2.06. The van der Waals surface area contributed by atoms with Gasteiger partial charge in [0.25, 0.3) is 5.91 Å². The van der Waals surface area contributed by atoms with Crippen LogP contribution in [0, 0.1) is 11.8 Å². The minimum atomic E-state index is -0.164. The summed E-state index contributed by atoms with van der Waals surface area (Å²) in [6.45, 7) is 1.15. The SMILES string of the molecule is COCCCN(C)C(=O)c1ccc(C#CCO)cc1. The molecule has 4 nitrogen and oxygen atoms in total. The van der Waals surface area contributed by atoms with Crippen LogP contribution in [0.25, 0.3) is 0 Å². The van der Waals surface area contributed by atoms with Crippen molar-refractivity contribution in [2.75, 3.05) is 33.9 Å². The number of amides is 1. The van der Waals surface area contributed by atoms with Gasteiger partial charge in [0.2, 0.25) is 0 Å². The average molecular weight is 261 g/mol. The first-order valence-electron chi connectivity index (χ1n) is 6.13. The van der Waals surface area contributed by atoms with E-state index in [4.69, 9.17) is 9.84 Å². The topological polar surface area (TPSA) is 49.8 Å². The number of benzene rings is 1. The molecule has 0 saturated carbocycles. The van der Waals surface area contributed by atoms with Gasteiger partial charge in [-0.1, -0.05) is 11.8 Å². The van der Waals surface area contributed by atoms with Crippen molar-refractivity contribution in [1.29, 1.82) is 0 Å². The van der Waals surface area contributed by atoms with Crippen LogP contribution in [-0.2, 0) is 4.74 Å². The Morgan fingerprint density at radius 2 is 2.05 bits per heavy atom. The number of aliphatic hydroxyl groups is 1. The molecule has 1 aromatic carbocycles. The summed E-state index contributed by atoms with van der Waals surface area (Å²) < 4.78 is 4.96. The smallest absolute Gasteiger partial charge is 0.253 e. The lowest BCUT2D eigenvalue weighted by atomic mass is 10.1. The Kier molecular flexibility index (Phi) is 6.65. The van der Waals surface area contributed by atoms with Crippen molar-refractivity contribution in [3.63, 3.8) is 0 Å². The monoisotopic (exact) mass is 261 g/mol. The van der Waals surface area contributed by atoms with E-state index in [9.17, 15) is 4.79 Å². The predicted octanol–water partition coefficient (Wildman–Crippen LogP) is 1.14. The van der Waals surface area contributed by atoms with Crippen molar-refractivity contribution < 1.29 is 14.6 Å². The molecule has 0 radical (unpaired) electrons. The molecule has 1 rings (SSSR count). The van der Waals surface area contributed by atoms with Gasteiger partial charge in [-0.3, -0.25) is 4.79 Å². The summed E-state index contributed by atoms with van der Waals surface area (Å²) in [7, 11) is 3.42. The summed E-state index contributed by atoms with van der Waals surface area (Å²) in [6.07, 6.45) is 0.818. The van der Waals surface area contributed by atoms with Crippen LogP contribution in [0.5, 0.6) is 0 Å². The standard InChI is InChI=1S/C15H19NO3/c1-16(10-4-12-19-2)15(18)14-8-6-13(7-9-14)5-3-11-17/h6-9,17H,4,10-12H2,1-2H3. The molecular formula is C15H19NO3. The summed E-state index contributed by atoms with van der Waals surface area (Å²) >= 11 is 0. The summed E-state index contributed by atoms with van der Waals surface area (Å²) in [6, 6.07) is 7.05. The molecule has 0 unspecified atom stereocenters. The molecule has 0 aliphatic carbocycles. The van der Waals surface area contributed by atoms with Gasteiger partial charge in [0, 0.05) is 38.4 Å². The van der Waals surface area contributed by atoms with Crippen molar-refractivity contribution >= 4 is 5.91 Å². The number of nitrogens with zero attached hydrogens (tertiary/aromatic N) is 1. The first kappa shape index (κ1) is 15.2. The molecule has 0 heterocycles. The maximum atomic E-state index is 12.1. The fourth-order valence-electron chi connectivity index (χ4n) is 1.61. The van der Waals surface area contributed by atoms with Gasteiger partial charge >= 0.3 is 0 Å². The van der Waals surface area contributed by atoms with Crippen LogP contribution in [0.1, 0.15) is 22.3 Å². The molecule has 0 fully saturated rings. The van der Waals surface area contributed by atoms with E-state index in [0.717, 1.165) is 12.0 Å². The molecule has 0 spiro atoms. The average Bonchev–Trinajstić information content (AvgIpc) is 2.45. The van der Waals surface area contributed by atoms with Crippen molar-refractivity contribution in [3.05, 3.63) is 35.4 Å². The van der Waals surface area contributed by atoms with Crippen LogP contribution in [0.2, 0.25) is 0 Å². The lowest BCUT2D eigenvalue weighted by Gasteiger charge is -2.16. The number of ether oxygens (including phenoxy) is 1. The molecule has 102 valence electrons. The van der Waals surface area contributed by atoms with Gasteiger partial charge in [-0.15, -0.1) is 0 Å². The lowest BCUT2D eigenvalue weighted by molar-refractivity contribution is 0.0779. The van der Waals surface area contributed by atoms with Crippen molar-refractivity contribution in [2.45, 2.75) is 6.42 Å². The minimum absolute atomic E-state index is 0.0160. The molecule has 1 N–H and O–H groups in total. The molecule has 0 aliphatic rings. The number of rotatable bonds is 5. The van der Waals surface area contributed by atoms with Gasteiger partial charge in [0.1, 0.15) is 6.61 Å². The first-order chi connectivity index (χ1) is 9.19. The van der Waals surface area contributed by atoms with Crippen molar-refractivity contribution in [3.8, 4) is 11.8 Å². The van der Waals surface area contributed by atoms with Gasteiger partial charge in [-0.25, -0.2) is 0 Å². The van der Waals surface area contributed by atoms with E-state index >= 15 is 0 Å². The van der Waals surface area contributed by atoms with Gasteiger partial charge < -0.3 is 14.7 Å². The minimum Gasteiger partial charge on any atom is -0.385 e. The Morgan fingerprint density at radius 3 is 2.63 bits per heavy atom. The van der Waals surface area contributed by atoms with Crippen LogP contribution < -0.4 is 0 Å².